The summed E-state index contributed by atoms with van der Waals surface area (Å²) in [6.45, 7) is 6.26. The summed E-state index contributed by atoms with van der Waals surface area (Å²) < 4.78 is 0. The molecule has 2 aromatic rings. The molecule has 0 aliphatic carbocycles. The second-order valence-corrected chi connectivity index (χ2v) is 6.53. The fourth-order valence-electron chi connectivity index (χ4n) is 2.12. The molecule has 130 valence electrons. The topological polar surface area (TPSA) is 105 Å². The van der Waals surface area contributed by atoms with E-state index in [1.807, 2.05) is 12.1 Å². The summed E-state index contributed by atoms with van der Waals surface area (Å²) in [5.41, 5.74) is 3.90. The summed E-state index contributed by atoms with van der Waals surface area (Å²) in [6.07, 6.45) is 1.27. The molecular weight excluding hydrogens is 322 g/mol. The van der Waals surface area contributed by atoms with E-state index in [9.17, 15) is 20.0 Å². The van der Waals surface area contributed by atoms with Crippen LogP contribution in [0.5, 0.6) is 5.75 Å². The minimum atomic E-state index is -0.692. The summed E-state index contributed by atoms with van der Waals surface area (Å²) in [5, 5.41) is 24.0. The largest absolute Gasteiger partial charge is 0.502 e. The summed E-state index contributed by atoms with van der Waals surface area (Å²) in [4.78, 5) is 22.1. The number of hydrogen-bond donors (Lipinski definition) is 2. The molecule has 0 unspecified atom stereocenters. The number of carbonyl (C=O) groups excluding carboxylic acids is 1. The van der Waals surface area contributed by atoms with Gasteiger partial charge in [0.1, 0.15) is 0 Å². The fourth-order valence-corrected chi connectivity index (χ4v) is 2.12. The van der Waals surface area contributed by atoms with E-state index in [1.165, 1.54) is 24.4 Å². The molecule has 25 heavy (non-hydrogen) atoms. The molecule has 0 heterocycles. The van der Waals surface area contributed by atoms with E-state index in [4.69, 9.17) is 0 Å². The highest BCUT2D eigenvalue weighted by molar-refractivity contribution is 5.95. The van der Waals surface area contributed by atoms with Gasteiger partial charge in [-0.2, -0.15) is 5.10 Å². The van der Waals surface area contributed by atoms with E-state index in [0.717, 1.165) is 5.56 Å². The fraction of sp³-hybridized carbons (Fsp3) is 0.222. The van der Waals surface area contributed by atoms with Gasteiger partial charge >= 0.3 is 5.69 Å². The molecule has 0 aromatic heterocycles. The Hall–Kier alpha value is -3.22. The molecule has 0 spiro atoms. The number of nitrogens with zero attached hydrogens (tertiary/aromatic N) is 2. The first kappa shape index (κ1) is 18.1. The minimum absolute atomic E-state index is 0.000739. The van der Waals surface area contributed by atoms with Crippen molar-refractivity contribution in [3.05, 3.63) is 69.3 Å². The highest BCUT2D eigenvalue weighted by Gasteiger charge is 2.14. The van der Waals surface area contributed by atoms with Crippen LogP contribution in [0.1, 0.15) is 42.3 Å². The molecule has 0 radical (unpaired) electrons. The Balaban J connectivity index is 2.06. The van der Waals surface area contributed by atoms with Crippen molar-refractivity contribution in [3.8, 4) is 5.75 Å². The Kier molecular flexibility index (Phi) is 5.17. The number of rotatable bonds is 4. The van der Waals surface area contributed by atoms with Crippen molar-refractivity contribution in [2.45, 2.75) is 26.2 Å². The van der Waals surface area contributed by atoms with Gasteiger partial charge in [0.2, 0.25) is 0 Å². The predicted molar refractivity (Wildman–Crippen MR) is 95.0 cm³/mol. The summed E-state index contributed by atoms with van der Waals surface area (Å²) >= 11 is 0. The highest BCUT2D eigenvalue weighted by Crippen LogP contribution is 2.25. The predicted octanol–water partition coefficient (Wildman–Crippen LogP) is 3.36. The maximum Gasteiger partial charge on any atom is 0.311 e. The zero-order valence-corrected chi connectivity index (χ0v) is 14.2. The molecule has 0 bridgehead atoms. The highest BCUT2D eigenvalue weighted by atomic mass is 16.6. The molecule has 2 N–H and O–H groups in total. The van der Waals surface area contributed by atoms with Gasteiger partial charge in [-0.05, 0) is 35.2 Å². The maximum absolute atomic E-state index is 12.1. The van der Waals surface area contributed by atoms with E-state index < -0.39 is 16.4 Å². The third-order valence-corrected chi connectivity index (χ3v) is 3.59. The van der Waals surface area contributed by atoms with Crippen molar-refractivity contribution >= 4 is 17.8 Å². The molecule has 0 saturated heterocycles. The lowest BCUT2D eigenvalue weighted by atomic mass is 9.87. The van der Waals surface area contributed by atoms with E-state index in [0.29, 0.717) is 11.1 Å². The third-order valence-electron chi connectivity index (χ3n) is 3.59. The van der Waals surface area contributed by atoms with Crippen LogP contribution in [0, 0.1) is 10.1 Å². The van der Waals surface area contributed by atoms with Crippen LogP contribution >= 0.6 is 0 Å². The first-order valence-electron chi connectivity index (χ1n) is 7.60. The Morgan fingerprint density at radius 1 is 1.20 bits per heavy atom. The zero-order chi connectivity index (χ0) is 18.6. The number of hydrazone groups is 1. The second kappa shape index (κ2) is 7.12. The first-order valence-corrected chi connectivity index (χ1v) is 7.60. The van der Waals surface area contributed by atoms with Crippen molar-refractivity contribution in [1.29, 1.82) is 0 Å². The molecule has 0 aliphatic rings. The van der Waals surface area contributed by atoms with E-state index in [1.54, 1.807) is 12.1 Å². The Morgan fingerprint density at radius 2 is 1.84 bits per heavy atom. The maximum atomic E-state index is 12.1. The standard InChI is InChI=1S/C18H19N3O4/c1-18(2,3)14-7-5-13(6-8-14)17(23)20-19-11-12-4-9-16(22)15(10-12)21(24)25/h4-11,22H,1-3H3,(H,20,23)/b19-11-. The van der Waals surface area contributed by atoms with Crippen LogP contribution < -0.4 is 5.43 Å². The number of nitro groups is 1. The van der Waals surface area contributed by atoms with Crippen LogP contribution in [0.4, 0.5) is 5.69 Å². The Morgan fingerprint density at radius 3 is 2.40 bits per heavy atom. The van der Waals surface area contributed by atoms with E-state index in [2.05, 4.69) is 31.3 Å². The summed E-state index contributed by atoms with van der Waals surface area (Å²) in [5.74, 6) is -0.810. The monoisotopic (exact) mass is 341 g/mol. The molecule has 7 nitrogen and oxygen atoms in total. The van der Waals surface area contributed by atoms with Gasteiger partial charge in [-0.15, -0.1) is 0 Å². The SMILES string of the molecule is CC(C)(C)c1ccc(C(=O)N/N=C\c2ccc(O)c([N+](=O)[O-])c2)cc1. The van der Waals surface area contributed by atoms with Gasteiger partial charge in [0.05, 0.1) is 11.1 Å². The molecule has 0 saturated carbocycles. The van der Waals surface area contributed by atoms with Gasteiger partial charge in [-0.3, -0.25) is 14.9 Å². The molecular formula is C18H19N3O4. The lowest BCUT2D eigenvalue weighted by Crippen LogP contribution is -2.18. The van der Waals surface area contributed by atoms with Crippen LogP contribution in [0.2, 0.25) is 0 Å². The van der Waals surface area contributed by atoms with E-state index in [-0.39, 0.29) is 11.3 Å². The number of phenolic OH excluding ortho intramolecular Hbond substituents is 1. The molecule has 7 heteroatoms. The average molecular weight is 341 g/mol. The van der Waals surface area contributed by atoms with Crippen LogP contribution in [0.3, 0.4) is 0 Å². The van der Waals surface area contributed by atoms with Crippen LogP contribution in [-0.2, 0) is 5.41 Å². The minimum Gasteiger partial charge on any atom is -0.502 e. The molecule has 1 amide bonds. The number of nitrogens with one attached hydrogen (secondary N) is 1. The molecule has 0 aliphatic heterocycles. The lowest BCUT2D eigenvalue weighted by Gasteiger charge is -2.18. The molecule has 2 aromatic carbocycles. The number of nitro benzene ring substituents is 1. The third kappa shape index (κ3) is 4.63. The summed E-state index contributed by atoms with van der Waals surface area (Å²) in [7, 11) is 0. The van der Waals surface area contributed by atoms with E-state index >= 15 is 0 Å². The molecule has 0 fully saturated rings. The van der Waals surface area contributed by atoms with Gasteiger partial charge in [-0.25, -0.2) is 5.43 Å². The number of carbonyl (C=O) groups is 1. The van der Waals surface area contributed by atoms with Gasteiger partial charge in [0.15, 0.2) is 5.75 Å². The number of phenols is 1. The van der Waals surface area contributed by atoms with Crippen LogP contribution in [0.25, 0.3) is 0 Å². The number of hydrogen-bond acceptors (Lipinski definition) is 5. The normalized spacial score (nSPS) is 11.5. The van der Waals surface area contributed by atoms with Gasteiger partial charge in [-0.1, -0.05) is 32.9 Å². The van der Waals surface area contributed by atoms with Crippen molar-refractivity contribution in [2.24, 2.45) is 5.10 Å². The van der Waals surface area contributed by atoms with Gasteiger partial charge in [0.25, 0.3) is 5.91 Å². The number of benzene rings is 2. The summed E-state index contributed by atoms with van der Waals surface area (Å²) in [6, 6.07) is 11.0. The smallest absolute Gasteiger partial charge is 0.311 e. The van der Waals surface area contributed by atoms with Crippen LogP contribution in [0.15, 0.2) is 47.6 Å². The second-order valence-electron chi connectivity index (χ2n) is 6.53. The van der Waals surface area contributed by atoms with Crippen molar-refractivity contribution in [1.82, 2.24) is 5.43 Å². The van der Waals surface area contributed by atoms with Crippen LogP contribution in [-0.4, -0.2) is 22.2 Å². The van der Waals surface area contributed by atoms with Gasteiger partial charge in [0, 0.05) is 17.2 Å². The Bertz CT molecular complexity index is 821. The number of amides is 1. The Labute approximate surface area is 145 Å². The number of aromatic hydroxyl groups is 1. The first-order chi connectivity index (χ1) is 11.7. The van der Waals surface area contributed by atoms with Crippen molar-refractivity contribution < 1.29 is 14.8 Å². The zero-order valence-electron chi connectivity index (χ0n) is 14.2. The quantitative estimate of drug-likeness (QED) is 0.505. The lowest BCUT2D eigenvalue weighted by molar-refractivity contribution is -0.385. The van der Waals surface area contributed by atoms with Crippen molar-refractivity contribution in [2.75, 3.05) is 0 Å². The van der Waals surface area contributed by atoms with Gasteiger partial charge < -0.3 is 5.11 Å². The molecule has 2 rings (SSSR count). The van der Waals surface area contributed by atoms with Crippen molar-refractivity contribution in [3.63, 3.8) is 0 Å². The average Bonchev–Trinajstić information content (AvgIpc) is 2.55. The molecule has 0 atom stereocenters.